The molecule has 7 heteroatoms. The second kappa shape index (κ2) is 7.36. The first-order chi connectivity index (χ1) is 12.0. The molecule has 0 saturated heterocycles. The van der Waals surface area contributed by atoms with Crippen LogP contribution in [-0.4, -0.2) is 23.8 Å². The molecule has 0 unspecified atom stereocenters. The summed E-state index contributed by atoms with van der Waals surface area (Å²) in [5, 5.41) is 8.94. The number of aryl methyl sites for hydroxylation is 1. The van der Waals surface area contributed by atoms with Crippen LogP contribution in [0.25, 0.3) is 0 Å². The first kappa shape index (κ1) is 17.0. The predicted molar refractivity (Wildman–Crippen MR) is 98.9 cm³/mol. The molecule has 0 saturated carbocycles. The minimum Gasteiger partial charge on any atom is -0.326 e. The van der Waals surface area contributed by atoms with Gasteiger partial charge in [0.1, 0.15) is 6.04 Å². The van der Waals surface area contributed by atoms with E-state index in [1.54, 1.807) is 12.1 Å². The van der Waals surface area contributed by atoms with Gasteiger partial charge in [0, 0.05) is 16.4 Å². The molecule has 0 spiro atoms. The van der Waals surface area contributed by atoms with Gasteiger partial charge in [-0.1, -0.05) is 35.9 Å². The Morgan fingerprint density at radius 2 is 2.00 bits per heavy atom. The molecular formula is C18H17ClN4O2. The van der Waals surface area contributed by atoms with Crippen LogP contribution in [0.5, 0.6) is 0 Å². The molecule has 3 rings (SSSR count). The van der Waals surface area contributed by atoms with Gasteiger partial charge in [0.2, 0.25) is 17.8 Å². The van der Waals surface area contributed by atoms with Gasteiger partial charge in [0.15, 0.2) is 0 Å². The SMILES string of the molecule is Cc1ccc(Cl)cc1NC(=O)[C@H]1CC(=O)NC(Nc2ccccc2)=N1. The summed E-state index contributed by atoms with van der Waals surface area (Å²) in [5.41, 5.74) is 2.26. The molecule has 0 fully saturated rings. The maximum atomic E-state index is 12.5. The standard InChI is InChI=1S/C18H17ClN4O2/c1-11-7-8-12(19)9-14(11)21-17(25)15-10-16(24)23-18(22-15)20-13-5-3-2-4-6-13/h2-9,15H,10H2,1H3,(H,21,25)(H2,20,22,23,24)/t15-/m1/s1. The molecule has 0 aromatic heterocycles. The van der Waals surface area contributed by atoms with Crippen molar-refractivity contribution >= 4 is 40.7 Å². The summed E-state index contributed by atoms with van der Waals surface area (Å²) in [6.07, 6.45) is -0.00852. The van der Waals surface area contributed by atoms with E-state index >= 15 is 0 Å². The van der Waals surface area contributed by atoms with Gasteiger partial charge in [0.05, 0.1) is 6.42 Å². The molecule has 1 aliphatic heterocycles. The lowest BCUT2D eigenvalue weighted by molar-refractivity contribution is -0.124. The smallest absolute Gasteiger partial charge is 0.249 e. The summed E-state index contributed by atoms with van der Waals surface area (Å²) in [4.78, 5) is 28.7. The Bertz CT molecular complexity index is 836. The summed E-state index contributed by atoms with van der Waals surface area (Å²) in [6.45, 7) is 1.87. The molecular weight excluding hydrogens is 340 g/mol. The number of aliphatic imine (C=N–C) groups is 1. The summed E-state index contributed by atoms with van der Waals surface area (Å²) in [5.74, 6) is -0.366. The first-order valence-electron chi connectivity index (χ1n) is 7.78. The van der Waals surface area contributed by atoms with Gasteiger partial charge >= 0.3 is 0 Å². The van der Waals surface area contributed by atoms with Crippen molar-refractivity contribution in [2.45, 2.75) is 19.4 Å². The third kappa shape index (κ3) is 4.36. The first-order valence-corrected chi connectivity index (χ1v) is 8.16. The molecule has 1 atom stereocenters. The fraction of sp³-hybridized carbons (Fsp3) is 0.167. The number of guanidine groups is 1. The number of hydrogen-bond donors (Lipinski definition) is 3. The van der Waals surface area contributed by atoms with Crippen LogP contribution >= 0.6 is 11.6 Å². The third-order valence-electron chi connectivity index (χ3n) is 3.72. The summed E-state index contributed by atoms with van der Waals surface area (Å²) in [6, 6.07) is 13.7. The molecule has 6 nitrogen and oxygen atoms in total. The van der Waals surface area contributed by atoms with Crippen molar-refractivity contribution in [3.63, 3.8) is 0 Å². The van der Waals surface area contributed by atoms with E-state index in [1.807, 2.05) is 43.3 Å². The van der Waals surface area contributed by atoms with E-state index in [0.29, 0.717) is 10.7 Å². The molecule has 128 valence electrons. The van der Waals surface area contributed by atoms with Crippen LogP contribution in [-0.2, 0) is 9.59 Å². The van der Waals surface area contributed by atoms with Gasteiger partial charge in [-0.2, -0.15) is 0 Å². The zero-order chi connectivity index (χ0) is 17.8. The van der Waals surface area contributed by atoms with Crippen molar-refractivity contribution in [3.8, 4) is 0 Å². The molecule has 25 heavy (non-hydrogen) atoms. The minimum atomic E-state index is -0.807. The number of amides is 2. The predicted octanol–water partition coefficient (Wildman–Crippen LogP) is 2.94. The quantitative estimate of drug-likeness (QED) is 0.790. The molecule has 0 radical (unpaired) electrons. The molecule has 0 bridgehead atoms. The summed E-state index contributed by atoms with van der Waals surface area (Å²) < 4.78 is 0. The van der Waals surface area contributed by atoms with Crippen LogP contribution < -0.4 is 16.0 Å². The highest BCUT2D eigenvalue weighted by molar-refractivity contribution is 6.31. The van der Waals surface area contributed by atoms with E-state index in [1.165, 1.54) is 0 Å². The highest BCUT2D eigenvalue weighted by Crippen LogP contribution is 2.21. The second-order valence-electron chi connectivity index (χ2n) is 5.69. The number of carbonyl (C=O) groups is 2. The van der Waals surface area contributed by atoms with Crippen LogP contribution in [0, 0.1) is 6.92 Å². The van der Waals surface area contributed by atoms with Crippen LogP contribution in [0.2, 0.25) is 5.02 Å². The number of benzene rings is 2. The molecule has 2 aromatic carbocycles. The second-order valence-corrected chi connectivity index (χ2v) is 6.12. The fourth-order valence-electron chi connectivity index (χ4n) is 2.41. The monoisotopic (exact) mass is 356 g/mol. The maximum absolute atomic E-state index is 12.5. The Balaban J connectivity index is 1.75. The fourth-order valence-corrected chi connectivity index (χ4v) is 2.58. The number of nitrogens with zero attached hydrogens (tertiary/aromatic N) is 1. The third-order valence-corrected chi connectivity index (χ3v) is 3.95. The number of hydrogen-bond acceptors (Lipinski definition) is 4. The molecule has 2 aromatic rings. The van der Waals surface area contributed by atoms with Crippen molar-refractivity contribution in [2.24, 2.45) is 4.99 Å². The maximum Gasteiger partial charge on any atom is 0.249 e. The topological polar surface area (TPSA) is 82.6 Å². The molecule has 3 N–H and O–H groups in total. The van der Waals surface area contributed by atoms with Crippen LogP contribution in [0.15, 0.2) is 53.5 Å². The summed E-state index contributed by atoms with van der Waals surface area (Å²) in [7, 11) is 0. The van der Waals surface area contributed by atoms with E-state index < -0.39 is 6.04 Å². The Morgan fingerprint density at radius 1 is 1.24 bits per heavy atom. The van der Waals surface area contributed by atoms with Gasteiger partial charge in [0.25, 0.3) is 0 Å². The average Bonchev–Trinajstić information content (AvgIpc) is 2.58. The van der Waals surface area contributed by atoms with Gasteiger partial charge in [-0.25, -0.2) is 4.99 Å². The largest absolute Gasteiger partial charge is 0.326 e. The molecule has 1 heterocycles. The van der Waals surface area contributed by atoms with Crippen molar-refractivity contribution in [1.82, 2.24) is 5.32 Å². The Hall–Kier alpha value is -2.86. The van der Waals surface area contributed by atoms with Gasteiger partial charge < -0.3 is 10.6 Å². The van der Waals surface area contributed by atoms with E-state index in [4.69, 9.17) is 11.6 Å². The van der Waals surface area contributed by atoms with E-state index in [0.717, 1.165) is 11.3 Å². The van der Waals surface area contributed by atoms with Gasteiger partial charge in [-0.05, 0) is 36.8 Å². The zero-order valence-corrected chi connectivity index (χ0v) is 14.3. The van der Waals surface area contributed by atoms with Crippen molar-refractivity contribution in [3.05, 3.63) is 59.1 Å². The van der Waals surface area contributed by atoms with Gasteiger partial charge in [-0.15, -0.1) is 0 Å². The highest BCUT2D eigenvalue weighted by atomic mass is 35.5. The zero-order valence-electron chi connectivity index (χ0n) is 13.5. The van der Waals surface area contributed by atoms with Crippen LogP contribution in [0.1, 0.15) is 12.0 Å². The molecule has 0 aliphatic carbocycles. The number of rotatable bonds is 3. The lowest BCUT2D eigenvalue weighted by Gasteiger charge is -2.21. The lowest BCUT2D eigenvalue weighted by atomic mass is 10.1. The van der Waals surface area contributed by atoms with Crippen molar-refractivity contribution < 1.29 is 9.59 Å². The number of halogens is 1. The normalized spacial score (nSPS) is 16.6. The molecule has 2 amide bonds. The number of para-hydroxylation sites is 1. The minimum absolute atomic E-state index is 0.00852. The van der Waals surface area contributed by atoms with E-state index in [-0.39, 0.29) is 24.2 Å². The number of anilines is 2. The van der Waals surface area contributed by atoms with Crippen molar-refractivity contribution in [1.29, 1.82) is 0 Å². The Labute approximate surface area is 150 Å². The lowest BCUT2D eigenvalue weighted by Crippen LogP contribution is -2.45. The average molecular weight is 357 g/mol. The van der Waals surface area contributed by atoms with Crippen LogP contribution in [0.4, 0.5) is 11.4 Å². The van der Waals surface area contributed by atoms with E-state index in [2.05, 4.69) is 20.9 Å². The number of nitrogens with one attached hydrogen (secondary N) is 3. The molecule has 1 aliphatic rings. The van der Waals surface area contributed by atoms with E-state index in [9.17, 15) is 9.59 Å². The Morgan fingerprint density at radius 3 is 2.76 bits per heavy atom. The number of carbonyl (C=O) groups excluding carboxylic acids is 2. The summed E-state index contributed by atoms with van der Waals surface area (Å²) >= 11 is 5.97. The highest BCUT2D eigenvalue weighted by Gasteiger charge is 2.27. The van der Waals surface area contributed by atoms with Crippen LogP contribution in [0.3, 0.4) is 0 Å². The van der Waals surface area contributed by atoms with Gasteiger partial charge in [-0.3, -0.25) is 14.9 Å². The Kier molecular flexibility index (Phi) is 5.00. The van der Waals surface area contributed by atoms with Crippen molar-refractivity contribution in [2.75, 3.05) is 10.6 Å².